The molecule has 0 aromatic carbocycles. The van der Waals surface area contributed by atoms with Gasteiger partial charge in [-0.05, 0) is 44.2 Å². The summed E-state index contributed by atoms with van der Waals surface area (Å²) in [6.07, 6.45) is 13.4. The van der Waals surface area contributed by atoms with Gasteiger partial charge in [-0.2, -0.15) is 0 Å². The lowest BCUT2D eigenvalue weighted by Crippen LogP contribution is -2.45. The largest absolute Gasteiger partial charge is 0.378 e. The van der Waals surface area contributed by atoms with Crippen LogP contribution in [0.4, 0.5) is 5.82 Å². The van der Waals surface area contributed by atoms with Crippen molar-refractivity contribution in [1.29, 1.82) is 0 Å². The molecule has 29 heavy (non-hydrogen) atoms. The number of hydrogen-bond acceptors (Lipinski definition) is 4. The fourth-order valence-electron chi connectivity index (χ4n) is 4.16. The van der Waals surface area contributed by atoms with E-state index in [2.05, 4.69) is 25.5 Å². The smallest absolute Gasteiger partial charge is 0.191 e. The van der Waals surface area contributed by atoms with E-state index in [0.29, 0.717) is 17.2 Å². The Balaban J connectivity index is 1.29. The number of aliphatic imine (C=N–C) groups is 1. The summed E-state index contributed by atoms with van der Waals surface area (Å²) in [7, 11) is 1.83. The van der Waals surface area contributed by atoms with Crippen LogP contribution in [-0.4, -0.2) is 56.4 Å². The minimum absolute atomic E-state index is 0.345. The number of halogens is 1. The molecule has 1 aromatic heterocycles. The van der Waals surface area contributed by atoms with Gasteiger partial charge in [0.1, 0.15) is 5.82 Å². The molecule has 1 atom stereocenters. The highest BCUT2D eigenvalue weighted by Gasteiger charge is 2.25. The molecule has 3 rings (SSSR count). The molecule has 2 N–H and O–H groups in total. The van der Waals surface area contributed by atoms with Crippen LogP contribution in [0.3, 0.4) is 0 Å². The summed E-state index contributed by atoms with van der Waals surface area (Å²) in [6.45, 7) is 3.62. The minimum atomic E-state index is 0.345. The van der Waals surface area contributed by atoms with Crippen LogP contribution in [0.25, 0.3) is 0 Å². The zero-order valence-electron chi connectivity index (χ0n) is 17.7. The second-order valence-corrected chi connectivity index (χ2v) is 8.48. The lowest BCUT2D eigenvalue weighted by Gasteiger charge is -2.20. The van der Waals surface area contributed by atoms with E-state index in [4.69, 9.17) is 16.3 Å². The molecule has 2 aliphatic rings. The molecule has 7 heteroatoms. The van der Waals surface area contributed by atoms with E-state index < -0.39 is 0 Å². The van der Waals surface area contributed by atoms with Crippen molar-refractivity contribution in [2.45, 2.75) is 69.9 Å². The Labute approximate surface area is 180 Å². The maximum absolute atomic E-state index is 6.28. The van der Waals surface area contributed by atoms with Gasteiger partial charge in [-0.3, -0.25) is 4.99 Å². The summed E-state index contributed by atoms with van der Waals surface area (Å²) in [5.41, 5.74) is 0. The first-order chi connectivity index (χ1) is 14.3. The fourth-order valence-corrected chi connectivity index (χ4v) is 4.40. The third-order valence-corrected chi connectivity index (χ3v) is 6.11. The average molecular weight is 422 g/mol. The number of anilines is 1. The van der Waals surface area contributed by atoms with Crippen LogP contribution < -0.4 is 15.5 Å². The zero-order chi connectivity index (χ0) is 20.3. The molecule has 2 heterocycles. The van der Waals surface area contributed by atoms with Gasteiger partial charge in [0, 0.05) is 45.5 Å². The minimum Gasteiger partial charge on any atom is -0.378 e. The van der Waals surface area contributed by atoms with Crippen molar-refractivity contribution in [2.24, 2.45) is 4.99 Å². The molecule has 1 aliphatic heterocycles. The Morgan fingerprint density at radius 1 is 1.24 bits per heavy atom. The molecular formula is C22H36ClN5O. The van der Waals surface area contributed by atoms with Crippen molar-refractivity contribution in [3.63, 3.8) is 0 Å². The fraction of sp³-hybridized carbons (Fsp3) is 0.727. The normalized spacial score (nSPS) is 21.2. The molecule has 1 saturated heterocycles. The summed E-state index contributed by atoms with van der Waals surface area (Å²) in [6, 6.07) is 4.10. The number of pyridine rings is 1. The molecule has 6 nitrogen and oxygen atoms in total. The monoisotopic (exact) mass is 421 g/mol. The third kappa shape index (κ3) is 7.34. The number of ether oxygens (including phenoxy) is 1. The van der Waals surface area contributed by atoms with E-state index in [1.807, 2.05) is 19.2 Å². The Kier molecular flexibility index (Phi) is 9.35. The van der Waals surface area contributed by atoms with E-state index >= 15 is 0 Å². The Morgan fingerprint density at radius 3 is 2.83 bits per heavy atom. The van der Waals surface area contributed by atoms with Gasteiger partial charge in [-0.1, -0.05) is 37.3 Å². The number of rotatable bonds is 8. The van der Waals surface area contributed by atoms with Crippen molar-refractivity contribution in [3.05, 3.63) is 23.4 Å². The van der Waals surface area contributed by atoms with Crippen LogP contribution in [0.5, 0.6) is 0 Å². The van der Waals surface area contributed by atoms with Gasteiger partial charge in [-0.15, -0.1) is 0 Å². The number of unbranched alkanes of at least 4 members (excludes halogenated alkanes) is 1. The van der Waals surface area contributed by atoms with Crippen molar-refractivity contribution >= 4 is 23.4 Å². The quantitative estimate of drug-likeness (QED) is 0.287. The second-order valence-electron chi connectivity index (χ2n) is 8.08. The van der Waals surface area contributed by atoms with Crippen LogP contribution in [0.1, 0.15) is 57.8 Å². The maximum Gasteiger partial charge on any atom is 0.191 e. The topological polar surface area (TPSA) is 61.8 Å². The highest BCUT2D eigenvalue weighted by molar-refractivity contribution is 6.32. The van der Waals surface area contributed by atoms with Crippen LogP contribution in [0, 0.1) is 0 Å². The predicted molar refractivity (Wildman–Crippen MR) is 121 cm³/mol. The van der Waals surface area contributed by atoms with Crippen LogP contribution >= 0.6 is 11.6 Å². The van der Waals surface area contributed by atoms with Crippen LogP contribution in [0.2, 0.25) is 5.02 Å². The first kappa shape index (κ1) is 22.2. The van der Waals surface area contributed by atoms with Crippen molar-refractivity contribution in [3.8, 4) is 0 Å². The first-order valence-electron chi connectivity index (χ1n) is 11.2. The molecule has 1 unspecified atom stereocenters. The number of nitrogens with one attached hydrogen (secondary N) is 2. The molecule has 1 aromatic rings. The Hall–Kier alpha value is -1.53. The second kappa shape index (κ2) is 12.2. The van der Waals surface area contributed by atoms with Crippen LogP contribution in [-0.2, 0) is 4.74 Å². The molecule has 0 amide bonds. The molecule has 1 aliphatic carbocycles. The van der Waals surface area contributed by atoms with Gasteiger partial charge in [0.15, 0.2) is 5.96 Å². The Bertz CT molecular complexity index is 633. The summed E-state index contributed by atoms with van der Waals surface area (Å²) < 4.78 is 6.07. The number of aromatic nitrogens is 1. The van der Waals surface area contributed by atoms with Gasteiger partial charge in [0.2, 0.25) is 0 Å². The van der Waals surface area contributed by atoms with E-state index in [1.54, 1.807) is 6.20 Å². The predicted octanol–water partition coefficient (Wildman–Crippen LogP) is 4.00. The molecule has 2 fully saturated rings. The summed E-state index contributed by atoms with van der Waals surface area (Å²) in [5, 5.41) is 7.67. The standard InChI is InChI=1S/C22H36ClN5O/c1-24-22(26-13-6-7-16-29-19-9-4-2-3-5-10-19)27-18-12-15-28(17-18)21-20(23)11-8-14-25-21/h8,11,14,18-19H,2-7,9-10,12-13,15-17H2,1H3,(H2,24,26,27). The number of guanidine groups is 1. The van der Waals surface area contributed by atoms with E-state index in [9.17, 15) is 0 Å². The molecule has 0 spiro atoms. The average Bonchev–Trinajstić information content (AvgIpc) is 3.03. The summed E-state index contributed by atoms with van der Waals surface area (Å²) in [5.74, 6) is 1.74. The Morgan fingerprint density at radius 2 is 2.07 bits per heavy atom. The molecule has 162 valence electrons. The number of hydrogen-bond donors (Lipinski definition) is 2. The SMILES string of the molecule is CN=C(NCCCCOC1CCCCCC1)NC1CCN(c2ncccc2Cl)C1. The molecule has 0 bridgehead atoms. The number of nitrogens with zero attached hydrogens (tertiary/aromatic N) is 3. The van der Waals surface area contributed by atoms with Gasteiger partial charge in [-0.25, -0.2) is 4.98 Å². The van der Waals surface area contributed by atoms with Gasteiger partial charge < -0.3 is 20.3 Å². The lowest BCUT2D eigenvalue weighted by atomic mass is 10.1. The first-order valence-corrected chi connectivity index (χ1v) is 11.6. The van der Waals surface area contributed by atoms with E-state index in [0.717, 1.165) is 57.3 Å². The van der Waals surface area contributed by atoms with Gasteiger partial charge in [0.05, 0.1) is 11.1 Å². The lowest BCUT2D eigenvalue weighted by molar-refractivity contribution is 0.0411. The highest BCUT2D eigenvalue weighted by Crippen LogP contribution is 2.25. The zero-order valence-corrected chi connectivity index (χ0v) is 18.5. The van der Waals surface area contributed by atoms with Crippen LogP contribution in [0.15, 0.2) is 23.3 Å². The molecular weight excluding hydrogens is 386 g/mol. The molecule has 1 saturated carbocycles. The van der Waals surface area contributed by atoms with Crippen molar-refractivity contribution in [2.75, 3.05) is 38.2 Å². The van der Waals surface area contributed by atoms with Crippen molar-refractivity contribution < 1.29 is 4.74 Å². The highest BCUT2D eigenvalue weighted by atomic mass is 35.5. The summed E-state index contributed by atoms with van der Waals surface area (Å²) in [4.78, 5) is 11.0. The van der Waals surface area contributed by atoms with Gasteiger partial charge in [0.25, 0.3) is 0 Å². The molecule has 0 radical (unpaired) electrons. The summed E-state index contributed by atoms with van der Waals surface area (Å²) >= 11 is 6.28. The van der Waals surface area contributed by atoms with E-state index in [-0.39, 0.29) is 0 Å². The van der Waals surface area contributed by atoms with Crippen molar-refractivity contribution in [1.82, 2.24) is 15.6 Å². The van der Waals surface area contributed by atoms with Gasteiger partial charge >= 0.3 is 0 Å². The maximum atomic E-state index is 6.28. The third-order valence-electron chi connectivity index (χ3n) is 5.81. The van der Waals surface area contributed by atoms with E-state index in [1.165, 1.54) is 38.5 Å².